The highest BCUT2D eigenvalue weighted by Gasteiger charge is 2.03. The van der Waals surface area contributed by atoms with Crippen molar-refractivity contribution < 1.29 is 14.6 Å². The van der Waals surface area contributed by atoms with E-state index in [1.807, 2.05) is 42.5 Å². The van der Waals surface area contributed by atoms with Crippen LogP contribution in [0.5, 0.6) is 11.5 Å². The van der Waals surface area contributed by atoms with Crippen LogP contribution in [-0.2, 0) is 13.0 Å². The van der Waals surface area contributed by atoms with E-state index in [1.165, 1.54) is 5.56 Å². The molecule has 0 saturated carbocycles. The molecule has 0 aromatic heterocycles. The summed E-state index contributed by atoms with van der Waals surface area (Å²) in [5, 5.41) is 9.22. The van der Waals surface area contributed by atoms with Gasteiger partial charge in [-0.2, -0.15) is 0 Å². The Kier molecular flexibility index (Phi) is 5.44. The molecule has 0 saturated heterocycles. The minimum Gasteiger partial charge on any atom is -0.496 e. The van der Waals surface area contributed by atoms with Gasteiger partial charge < -0.3 is 14.6 Å². The fourth-order valence-corrected chi connectivity index (χ4v) is 2.13. The predicted octanol–water partition coefficient (Wildman–Crippen LogP) is 3.20. The second kappa shape index (κ2) is 7.56. The smallest absolute Gasteiger partial charge is 0.124 e. The van der Waals surface area contributed by atoms with Crippen LogP contribution >= 0.6 is 0 Å². The Balaban J connectivity index is 1.84. The summed E-state index contributed by atoms with van der Waals surface area (Å²) in [6, 6.07) is 15.6. The average molecular weight is 272 g/mol. The fourth-order valence-electron chi connectivity index (χ4n) is 2.13. The highest BCUT2D eigenvalue weighted by molar-refractivity contribution is 5.34. The summed E-state index contributed by atoms with van der Waals surface area (Å²) >= 11 is 0. The molecule has 1 N–H and O–H groups in total. The van der Waals surface area contributed by atoms with Crippen LogP contribution in [0.15, 0.2) is 48.5 Å². The molecule has 3 nitrogen and oxygen atoms in total. The van der Waals surface area contributed by atoms with Crippen LogP contribution in [0.3, 0.4) is 0 Å². The van der Waals surface area contributed by atoms with Gasteiger partial charge in [0.2, 0.25) is 0 Å². The van der Waals surface area contributed by atoms with Crippen LogP contribution < -0.4 is 9.47 Å². The van der Waals surface area contributed by atoms with Crippen molar-refractivity contribution in [2.45, 2.75) is 19.4 Å². The van der Waals surface area contributed by atoms with Gasteiger partial charge in [0, 0.05) is 5.56 Å². The maximum absolute atomic E-state index is 9.22. The molecular weight excluding hydrogens is 252 g/mol. The molecule has 0 bridgehead atoms. The van der Waals surface area contributed by atoms with E-state index in [9.17, 15) is 5.11 Å². The van der Waals surface area contributed by atoms with Gasteiger partial charge in [0.25, 0.3) is 0 Å². The molecule has 0 radical (unpaired) electrons. The first kappa shape index (κ1) is 14.4. The van der Waals surface area contributed by atoms with Crippen LogP contribution in [0.1, 0.15) is 17.5 Å². The van der Waals surface area contributed by atoms with E-state index in [-0.39, 0.29) is 6.61 Å². The van der Waals surface area contributed by atoms with Crippen LogP contribution in [0.2, 0.25) is 0 Å². The number of para-hydroxylation sites is 2. The highest BCUT2D eigenvalue weighted by Crippen LogP contribution is 2.20. The summed E-state index contributed by atoms with van der Waals surface area (Å²) < 4.78 is 11.0. The van der Waals surface area contributed by atoms with E-state index in [0.717, 1.165) is 29.9 Å². The van der Waals surface area contributed by atoms with E-state index in [0.29, 0.717) is 6.61 Å². The van der Waals surface area contributed by atoms with Gasteiger partial charge in [-0.1, -0.05) is 36.4 Å². The summed E-state index contributed by atoms with van der Waals surface area (Å²) in [5.74, 6) is 1.68. The molecular formula is C17H20O3. The number of rotatable bonds is 7. The lowest BCUT2D eigenvalue weighted by Gasteiger charge is -2.11. The van der Waals surface area contributed by atoms with Gasteiger partial charge in [-0.25, -0.2) is 0 Å². The zero-order chi connectivity index (χ0) is 14.2. The van der Waals surface area contributed by atoms with Crippen molar-refractivity contribution in [1.29, 1.82) is 0 Å². The van der Waals surface area contributed by atoms with Crippen LogP contribution in [0.25, 0.3) is 0 Å². The zero-order valence-electron chi connectivity index (χ0n) is 11.7. The van der Waals surface area contributed by atoms with Crippen molar-refractivity contribution in [2.24, 2.45) is 0 Å². The minimum atomic E-state index is 0.00266. The van der Waals surface area contributed by atoms with Crippen molar-refractivity contribution in [1.82, 2.24) is 0 Å². The van der Waals surface area contributed by atoms with E-state index in [1.54, 1.807) is 7.11 Å². The number of ether oxygens (including phenoxy) is 2. The topological polar surface area (TPSA) is 38.7 Å². The molecule has 0 aliphatic carbocycles. The molecule has 0 aliphatic heterocycles. The van der Waals surface area contributed by atoms with Crippen LogP contribution in [0, 0.1) is 0 Å². The second-order valence-electron chi connectivity index (χ2n) is 4.53. The van der Waals surface area contributed by atoms with Gasteiger partial charge in [0.15, 0.2) is 0 Å². The number of hydrogen-bond donors (Lipinski definition) is 1. The van der Waals surface area contributed by atoms with Crippen molar-refractivity contribution >= 4 is 0 Å². The van der Waals surface area contributed by atoms with E-state index >= 15 is 0 Å². The summed E-state index contributed by atoms with van der Waals surface area (Å²) in [7, 11) is 1.69. The summed E-state index contributed by atoms with van der Waals surface area (Å²) in [6.07, 6.45) is 1.81. The van der Waals surface area contributed by atoms with Crippen molar-refractivity contribution in [2.75, 3.05) is 13.7 Å². The zero-order valence-corrected chi connectivity index (χ0v) is 11.7. The lowest BCUT2D eigenvalue weighted by Crippen LogP contribution is -2.02. The normalized spacial score (nSPS) is 10.3. The molecule has 0 fully saturated rings. The maximum Gasteiger partial charge on any atom is 0.124 e. The quantitative estimate of drug-likeness (QED) is 0.787. The molecule has 0 amide bonds. The SMILES string of the molecule is COc1ccccc1CCCOc1ccccc1CO. The van der Waals surface area contributed by atoms with Gasteiger partial charge in [-0.15, -0.1) is 0 Å². The third-order valence-electron chi connectivity index (χ3n) is 3.18. The van der Waals surface area contributed by atoms with Gasteiger partial charge >= 0.3 is 0 Å². The Morgan fingerprint density at radius 1 is 0.900 bits per heavy atom. The van der Waals surface area contributed by atoms with Crippen molar-refractivity contribution in [3.63, 3.8) is 0 Å². The summed E-state index contributed by atoms with van der Waals surface area (Å²) in [6.45, 7) is 0.623. The van der Waals surface area contributed by atoms with Crippen molar-refractivity contribution in [3.8, 4) is 11.5 Å². The third kappa shape index (κ3) is 3.75. The van der Waals surface area contributed by atoms with Crippen LogP contribution in [0.4, 0.5) is 0 Å². The fraction of sp³-hybridized carbons (Fsp3) is 0.294. The van der Waals surface area contributed by atoms with Crippen molar-refractivity contribution in [3.05, 3.63) is 59.7 Å². The Morgan fingerprint density at radius 2 is 1.55 bits per heavy atom. The third-order valence-corrected chi connectivity index (χ3v) is 3.18. The number of benzene rings is 2. The first-order valence-corrected chi connectivity index (χ1v) is 6.78. The molecule has 3 heteroatoms. The molecule has 0 unspecified atom stereocenters. The monoisotopic (exact) mass is 272 g/mol. The Morgan fingerprint density at radius 3 is 2.25 bits per heavy atom. The van der Waals surface area contributed by atoms with E-state index in [4.69, 9.17) is 9.47 Å². The molecule has 0 atom stereocenters. The second-order valence-corrected chi connectivity index (χ2v) is 4.53. The number of hydrogen-bond acceptors (Lipinski definition) is 3. The molecule has 2 aromatic rings. The van der Waals surface area contributed by atoms with Gasteiger partial charge in [0.05, 0.1) is 20.3 Å². The molecule has 0 aliphatic rings. The lowest BCUT2D eigenvalue weighted by atomic mass is 10.1. The standard InChI is InChI=1S/C17H20O3/c1-19-16-10-4-2-7-14(16)9-6-12-20-17-11-5-3-8-15(17)13-18/h2-5,7-8,10-11,18H,6,9,12-13H2,1H3. The molecule has 20 heavy (non-hydrogen) atoms. The lowest BCUT2D eigenvalue weighted by molar-refractivity contribution is 0.261. The minimum absolute atomic E-state index is 0.00266. The highest BCUT2D eigenvalue weighted by atomic mass is 16.5. The number of aryl methyl sites for hydroxylation is 1. The average Bonchev–Trinajstić information content (AvgIpc) is 2.52. The van der Waals surface area contributed by atoms with E-state index < -0.39 is 0 Å². The first-order chi connectivity index (χ1) is 9.85. The summed E-state index contributed by atoms with van der Waals surface area (Å²) in [4.78, 5) is 0. The van der Waals surface area contributed by atoms with Gasteiger partial charge in [-0.3, -0.25) is 0 Å². The maximum atomic E-state index is 9.22. The Bertz CT molecular complexity index is 488. The number of aliphatic hydroxyl groups excluding tert-OH is 1. The molecule has 2 aromatic carbocycles. The Labute approximate surface area is 119 Å². The molecule has 0 spiro atoms. The Hall–Kier alpha value is -2.00. The molecule has 2 rings (SSSR count). The number of aliphatic hydroxyl groups is 1. The van der Waals surface area contributed by atoms with Gasteiger partial charge in [0.1, 0.15) is 11.5 Å². The van der Waals surface area contributed by atoms with Gasteiger partial charge in [-0.05, 0) is 30.5 Å². The van der Waals surface area contributed by atoms with Crippen LogP contribution in [-0.4, -0.2) is 18.8 Å². The molecule has 0 heterocycles. The predicted molar refractivity (Wildman–Crippen MR) is 79.2 cm³/mol. The largest absolute Gasteiger partial charge is 0.496 e. The van der Waals surface area contributed by atoms with E-state index in [2.05, 4.69) is 6.07 Å². The molecule has 106 valence electrons. The number of methoxy groups -OCH3 is 1. The summed E-state index contributed by atoms with van der Waals surface area (Å²) in [5.41, 5.74) is 2.01. The first-order valence-electron chi connectivity index (χ1n) is 6.78.